The van der Waals surface area contributed by atoms with E-state index in [0.717, 1.165) is 6.42 Å². The normalized spacial score (nSPS) is 51.2. The quantitative estimate of drug-likeness (QED) is 0.201. The van der Waals surface area contributed by atoms with Gasteiger partial charge in [0.1, 0.15) is 5.60 Å². The minimum absolute atomic E-state index is 0.0485. The molecule has 3 saturated carbocycles. The van der Waals surface area contributed by atoms with E-state index >= 15 is 26.3 Å². The summed E-state index contributed by atoms with van der Waals surface area (Å²) in [6, 6.07) is 0. The standard InChI is InChI=1S/C38H53F6N3O9/c1-20-7-9-27-22(3)33(37(39,40)41,17-29-34(27)25(20)11-13-31(5,50-29)53-55-34)49-19-24-18-45-46-47(24)15-16-48-36(38(42,43)44)23(4)28-10-8-21(2)26-12-14-32(6)51-30(52-36)35(26,28)56-54-32/h18,20-23,25-30H,7-17,19H2,1-6H3/t20-,21-,22-,23-,25+,26+,27+,28+,29+,30+,31+,32+,33+,34-,35-,36-/m1/s1. The van der Waals surface area contributed by atoms with E-state index in [1.54, 1.807) is 20.8 Å². The fraction of sp³-hybridized carbons (Fsp3) is 0.947. The number of alkyl halides is 6. The predicted octanol–water partition coefficient (Wildman–Crippen LogP) is 7.55. The van der Waals surface area contributed by atoms with Crippen molar-refractivity contribution < 1.29 is 69.6 Å². The Morgan fingerprint density at radius 2 is 1.32 bits per heavy atom. The summed E-state index contributed by atoms with van der Waals surface area (Å²) in [5.41, 5.74) is -4.79. The lowest BCUT2D eigenvalue weighted by Gasteiger charge is -2.63. The van der Waals surface area contributed by atoms with Crippen molar-refractivity contribution in [1.29, 1.82) is 0 Å². The molecular weight excluding hydrogens is 756 g/mol. The first-order valence-corrected chi connectivity index (χ1v) is 20.3. The van der Waals surface area contributed by atoms with Crippen LogP contribution in [-0.4, -0.2) is 80.5 Å². The minimum atomic E-state index is -4.99. The Morgan fingerprint density at radius 3 is 1.96 bits per heavy atom. The Balaban J connectivity index is 0.951. The minimum Gasteiger partial charge on any atom is -0.359 e. The molecule has 56 heavy (non-hydrogen) atoms. The van der Waals surface area contributed by atoms with E-state index in [1.165, 1.54) is 17.8 Å². The largest absolute Gasteiger partial charge is 0.443 e. The number of rotatable bonds is 7. The fourth-order valence-corrected chi connectivity index (χ4v) is 12.7. The maximum absolute atomic E-state index is 15.5. The Hall–Kier alpha value is -1.64. The van der Waals surface area contributed by atoms with Crippen LogP contribution < -0.4 is 0 Å². The van der Waals surface area contributed by atoms with Crippen LogP contribution in [0.5, 0.6) is 0 Å². The zero-order valence-electron chi connectivity index (χ0n) is 32.6. The van der Waals surface area contributed by atoms with Gasteiger partial charge in [0.05, 0.1) is 37.8 Å². The van der Waals surface area contributed by atoms with Crippen LogP contribution in [0.1, 0.15) is 105 Å². The number of halogens is 6. The summed E-state index contributed by atoms with van der Waals surface area (Å²) in [5.74, 6) is -8.95. The highest BCUT2D eigenvalue weighted by Crippen LogP contribution is 2.67. The van der Waals surface area contributed by atoms with Gasteiger partial charge >= 0.3 is 12.4 Å². The molecule has 16 atom stereocenters. The van der Waals surface area contributed by atoms with Gasteiger partial charge in [0.15, 0.2) is 23.3 Å². The second-order valence-corrected chi connectivity index (χ2v) is 18.5. The Labute approximate surface area is 321 Å². The van der Waals surface area contributed by atoms with E-state index in [1.807, 2.05) is 0 Å². The lowest BCUT2D eigenvalue weighted by molar-refractivity contribution is -0.599. The molecule has 0 N–H and O–H groups in total. The molecule has 7 saturated heterocycles. The Kier molecular flexibility index (Phi) is 9.19. The monoisotopic (exact) mass is 809 g/mol. The summed E-state index contributed by atoms with van der Waals surface area (Å²) in [4.78, 5) is 23.8. The number of hydrogen-bond acceptors (Lipinski definition) is 11. The third kappa shape index (κ3) is 5.44. The first-order valence-electron chi connectivity index (χ1n) is 20.3. The van der Waals surface area contributed by atoms with Gasteiger partial charge in [0.2, 0.25) is 5.79 Å². The zero-order chi connectivity index (χ0) is 39.9. The SMILES string of the molecule is C[C@@H]1CC[C@H]2[C@@H](C)[C@](OCCn3nncc3CO[C@@]3(C(F)(F)F)C[C@@H]4O[C@]5(C)CC[C@H]6[C@H](C)CC[C@@H]([C@H]3C)[C@@]46OO5)(C(F)(F)F)O[C@@H]3O[C@]4(C)CC[C@@H]1[C@]32OO4. The van der Waals surface area contributed by atoms with Crippen molar-refractivity contribution in [3.05, 3.63) is 11.9 Å². The zero-order valence-corrected chi connectivity index (χ0v) is 32.6. The van der Waals surface area contributed by atoms with Gasteiger partial charge in [-0.2, -0.15) is 26.3 Å². The molecule has 11 rings (SSSR count). The Bertz CT molecular complexity index is 1670. The van der Waals surface area contributed by atoms with Crippen LogP contribution in [-0.2, 0) is 56.4 Å². The van der Waals surface area contributed by atoms with Crippen LogP contribution in [0.2, 0.25) is 0 Å². The molecule has 0 aromatic carbocycles. The average molecular weight is 810 g/mol. The lowest BCUT2D eigenvalue weighted by Crippen LogP contribution is -2.76. The molecule has 316 valence electrons. The highest BCUT2D eigenvalue weighted by molar-refractivity contribution is 5.18. The average Bonchev–Trinajstić information content (AvgIpc) is 3.27. The topological polar surface area (TPSA) is 114 Å². The molecule has 10 fully saturated rings. The van der Waals surface area contributed by atoms with Gasteiger partial charge in [0.25, 0.3) is 5.79 Å². The molecule has 1 aromatic rings. The molecule has 12 nitrogen and oxygen atoms in total. The van der Waals surface area contributed by atoms with Crippen molar-refractivity contribution in [1.82, 2.24) is 15.0 Å². The predicted molar refractivity (Wildman–Crippen MR) is 178 cm³/mol. The van der Waals surface area contributed by atoms with Crippen LogP contribution in [0.25, 0.3) is 0 Å². The summed E-state index contributed by atoms with van der Waals surface area (Å²) in [5, 5.41) is 7.89. The van der Waals surface area contributed by atoms with Crippen LogP contribution in [0.3, 0.4) is 0 Å². The molecule has 7 aliphatic heterocycles. The maximum Gasteiger partial charge on any atom is 0.443 e. The van der Waals surface area contributed by atoms with Gasteiger partial charge in [-0.05, 0) is 87.9 Å². The summed E-state index contributed by atoms with van der Waals surface area (Å²) >= 11 is 0. The van der Waals surface area contributed by atoms with Crippen molar-refractivity contribution in [3.8, 4) is 0 Å². The first kappa shape index (κ1) is 39.8. The fourth-order valence-electron chi connectivity index (χ4n) is 12.7. The van der Waals surface area contributed by atoms with Crippen molar-refractivity contribution in [2.45, 2.75) is 171 Å². The van der Waals surface area contributed by atoms with E-state index in [9.17, 15) is 0 Å². The van der Waals surface area contributed by atoms with E-state index in [2.05, 4.69) is 24.2 Å². The van der Waals surface area contributed by atoms with Gasteiger partial charge in [-0.25, -0.2) is 24.2 Å². The second kappa shape index (κ2) is 12.9. The van der Waals surface area contributed by atoms with E-state index in [-0.39, 0.29) is 35.9 Å². The first-order chi connectivity index (χ1) is 26.2. The number of hydrogen-bond donors (Lipinski definition) is 0. The number of fused-ring (bicyclic) bond motifs is 4. The van der Waals surface area contributed by atoms with Crippen LogP contribution in [0, 0.1) is 47.3 Å². The second-order valence-electron chi connectivity index (χ2n) is 18.5. The van der Waals surface area contributed by atoms with Crippen LogP contribution in [0.4, 0.5) is 26.3 Å². The van der Waals surface area contributed by atoms with Crippen LogP contribution in [0.15, 0.2) is 6.20 Å². The number of aromatic nitrogens is 3. The summed E-state index contributed by atoms with van der Waals surface area (Å²) < 4.78 is 124. The van der Waals surface area contributed by atoms with Gasteiger partial charge in [-0.1, -0.05) is 32.9 Å². The van der Waals surface area contributed by atoms with E-state index < -0.39 is 102 Å². The highest BCUT2D eigenvalue weighted by atomic mass is 19.4. The molecule has 0 radical (unpaired) electrons. The van der Waals surface area contributed by atoms with Crippen molar-refractivity contribution in [2.75, 3.05) is 6.61 Å². The molecular formula is C38H53F6N3O9. The smallest absolute Gasteiger partial charge is 0.359 e. The molecule has 0 amide bonds. The molecule has 8 heterocycles. The molecule has 10 aliphatic rings. The van der Waals surface area contributed by atoms with Crippen LogP contribution >= 0.6 is 0 Å². The van der Waals surface area contributed by atoms with Crippen molar-refractivity contribution >= 4 is 0 Å². The molecule has 1 aromatic heterocycles. The third-order valence-corrected chi connectivity index (χ3v) is 15.7. The maximum atomic E-state index is 15.5. The molecule has 2 spiro atoms. The van der Waals surface area contributed by atoms with Crippen molar-refractivity contribution in [2.24, 2.45) is 47.3 Å². The lowest BCUT2D eigenvalue weighted by atomic mass is 9.50. The number of ether oxygens (including phenoxy) is 5. The van der Waals surface area contributed by atoms with E-state index in [0.29, 0.717) is 44.9 Å². The van der Waals surface area contributed by atoms with Gasteiger partial charge in [-0.15, -0.1) is 5.10 Å². The van der Waals surface area contributed by atoms with E-state index in [4.69, 9.17) is 43.2 Å². The van der Waals surface area contributed by atoms with Gasteiger partial charge in [-0.3, -0.25) is 0 Å². The molecule has 0 unspecified atom stereocenters. The molecule has 18 heteroatoms. The Morgan fingerprint density at radius 1 is 0.714 bits per heavy atom. The molecule has 4 bridgehead atoms. The summed E-state index contributed by atoms with van der Waals surface area (Å²) in [6.45, 7) is 9.11. The van der Waals surface area contributed by atoms with Gasteiger partial charge in [0, 0.05) is 31.1 Å². The highest BCUT2D eigenvalue weighted by Gasteiger charge is 2.78. The third-order valence-electron chi connectivity index (χ3n) is 15.7. The summed E-state index contributed by atoms with van der Waals surface area (Å²) in [6.07, 6.45) is -6.85. The molecule has 3 aliphatic carbocycles. The number of nitrogens with zero attached hydrogens (tertiary/aromatic N) is 3. The van der Waals surface area contributed by atoms with Crippen molar-refractivity contribution in [3.63, 3.8) is 0 Å². The summed E-state index contributed by atoms with van der Waals surface area (Å²) in [7, 11) is 0. The van der Waals surface area contributed by atoms with Gasteiger partial charge < -0.3 is 23.7 Å².